The number of ether oxygens (including phenoxy) is 2. The fourth-order valence-electron chi connectivity index (χ4n) is 4.35. The zero-order valence-corrected chi connectivity index (χ0v) is 24.3. The molecule has 0 aliphatic rings. The van der Waals surface area contributed by atoms with Crippen LogP contribution in [0.2, 0.25) is 0 Å². The van der Waals surface area contributed by atoms with E-state index in [4.69, 9.17) is 9.47 Å². The lowest BCUT2D eigenvalue weighted by Crippen LogP contribution is -2.07. The summed E-state index contributed by atoms with van der Waals surface area (Å²) < 4.78 is 20.1. The van der Waals surface area contributed by atoms with Crippen LogP contribution in [0.5, 0.6) is 0 Å². The average Bonchev–Trinajstić information content (AvgIpc) is 3.60. The van der Waals surface area contributed by atoms with E-state index in [0.717, 1.165) is 43.1 Å². The highest BCUT2D eigenvalue weighted by Crippen LogP contribution is 2.40. The summed E-state index contributed by atoms with van der Waals surface area (Å²) in [5.74, 6) is -0.804. The summed E-state index contributed by atoms with van der Waals surface area (Å²) >= 11 is 2.53. The van der Waals surface area contributed by atoms with Gasteiger partial charge in [0.1, 0.15) is 11.1 Å². The van der Waals surface area contributed by atoms with Crippen LogP contribution in [0, 0.1) is 13.8 Å². The second-order valence-corrected chi connectivity index (χ2v) is 10.8. The van der Waals surface area contributed by atoms with Gasteiger partial charge in [-0.2, -0.15) is 8.75 Å². The summed E-state index contributed by atoms with van der Waals surface area (Å²) in [5.41, 5.74) is 7.78. The smallest absolute Gasteiger partial charge is 0.341 e. The molecule has 2 aromatic heterocycles. The second kappa shape index (κ2) is 11.9. The van der Waals surface area contributed by atoms with E-state index in [2.05, 4.69) is 8.75 Å². The van der Waals surface area contributed by atoms with Crippen LogP contribution < -0.4 is 0 Å². The molecule has 0 bridgehead atoms. The molecular formula is C32H28N2O4S2. The van der Waals surface area contributed by atoms with E-state index >= 15 is 0 Å². The molecule has 8 heteroatoms. The molecule has 202 valence electrons. The first kappa shape index (κ1) is 27.4. The van der Waals surface area contributed by atoms with Crippen molar-refractivity contribution in [3.8, 4) is 43.4 Å². The van der Waals surface area contributed by atoms with Gasteiger partial charge in [-0.3, -0.25) is 0 Å². The molecule has 0 aliphatic heterocycles. The summed E-state index contributed by atoms with van der Waals surface area (Å²) in [7, 11) is 0. The van der Waals surface area contributed by atoms with Gasteiger partial charge in [-0.25, -0.2) is 9.59 Å². The van der Waals surface area contributed by atoms with E-state index in [9.17, 15) is 9.59 Å². The normalized spacial score (nSPS) is 10.9. The molecule has 5 rings (SSSR count). The highest BCUT2D eigenvalue weighted by atomic mass is 32.1. The van der Waals surface area contributed by atoms with Crippen LogP contribution in [0.25, 0.3) is 43.4 Å². The van der Waals surface area contributed by atoms with E-state index in [1.165, 1.54) is 23.1 Å². The molecule has 0 spiro atoms. The van der Waals surface area contributed by atoms with Crippen molar-refractivity contribution in [1.82, 2.24) is 8.75 Å². The standard InChI is InChI=1S/C32H28N2O4S2/c1-5-37-31(35)25-27(21-11-7-19(3)8-12-21)33-39-29(25)23-15-17-24(18-16-23)30-26(32(36)38-6-2)28(34-40-30)22-13-9-20(4)10-14-22/h7-18H,5-6H2,1-4H3. The molecule has 0 saturated heterocycles. The quantitative estimate of drug-likeness (QED) is 0.175. The molecule has 0 N–H and O–H groups in total. The fourth-order valence-corrected chi connectivity index (χ4v) is 6.13. The third-order valence-electron chi connectivity index (χ3n) is 6.40. The second-order valence-electron chi connectivity index (χ2n) is 9.22. The minimum atomic E-state index is -0.402. The first-order valence-corrected chi connectivity index (χ1v) is 14.5. The highest BCUT2D eigenvalue weighted by molar-refractivity contribution is 7.10. The van der Waals surface area contributed by atoms with Gasteiger partial charge in [0, 0.05) is 11.1 Å². The molecule has 0 radical (unpaired) electrons. The molecule has 0 fully saturated rings. The van der Waals surface area contributed by atoms with Gasteiger partial charge in [0.15, 0.2) is 0 Å². The molecule has 3 aromatic carbocycles. The molecule has 6 nitrogen and oxygen atoms in total. The maximum Gasteiger partial charge on any atom is 0.341 e. The zero-order chi connectivity index (χ0) is 28.2. The maximum atomic E-state index is 13.1. The average molecular weight is 569 g/mol. The van der Waals surface area contributed by atoms with E-state index in [1.54, 1.807) is 13.8 Å². The summed E-state index contributed by atoms with van der Waals surface area (Å²) in [5, 5.41) is 0. The van der Waals surface area contributed by atoms with E-state index in [1.807, 2.05) is 86.6 Å². The number of hydrogen-bond donors (Lipinski definition) is 0. The van der Waals surface area contributed by atoms with Crippen LogP contribution >= 0.6 is 23.1 Å². The number of rotatable bonds is 8. The Morgan fingerprint density at radius 2 is 0.900 bits per heavy atom. The van der Waals surface area contributed by atoms with Gasteiger partial charge in [0.05, 0.1) is 34.4 Å². The molecule has 0 atom stereocenters. The molecule has 2 heterocycles. The van der Waals surface area contributed by atoms with Crippen molar-refractivity contribution in [2.75, 3.05) is 13.2 Å². The van der Waals surface area contributed by atoms with Crippen LogP contribution in [-0.4, -0.2) is 33.9 Å². The van der Waals surface area contributed by atoms with Gasteiger partial charge in [-0.05, 0) is 61.9 Å². The molecule has 0 aliphatic carbocycles. The number of hydrogen-bond acceptors (Lipinski definition) is 8. The molecule has 0 amide bonds. The van der Waals surface area contributed by atoms with Crippen molar-refractivity contribution in [1.29, 1.82) is 0 Å². The Labute approximate surface area is 241 Å². The Hall–Kier alpha value is -4.14. The molecular weight excluding hydrogens is 540 g/mol. The Balaban J connectivity index is 1.56. The van der Waals surface area contributed by atoms with Crippen LogP contribution in [-0.2, 0) is 9.47 Å². The van der Waals surface area contributed by atoms with Gasteiger partial charge in [-0.1, -0.05) is 83.9 Å². The van der Waals surface area contributed by atoms with E-state index in [-0.39, 0.29) is 13.2 Å². The molecule has 0 saturated carbocycles. The molecule has 5 aromatic rings. The van der Waals surface area contributed by atoms with Crippen LogP contribution in [0.1, 0.15) is 45.7 Å². The lowest BCUT2D eigenvalue weighted by atomic mass is 9.99. The van der Waals surface area contributed by atoms with Gasteiger partial charge >= 0.3 is 11.9 Å². The summed E-state index contributed by atoms with van der Waals surface area (Å²) in [6.07, 6.45) is 0. The number of carbonyl (C=O) groups is 2. The summed E-state index contributed by atoms with van der Waals surface area (Å²) in [4.78, 5) is 27.6. The van der Waals surface area contributed by atoms with E-state index < -0.39 is 11.9 Å². The Bertz CT molecular complexity index is 1530. The number of benzene rings is 3. The Kier molecular flexibility index (Phi) is 8.19. The first-order chi connectivity index (χ1) is 19.4. The van der Waals surface area contributed by atoms with Crippen LogP contribution in [0.3, 0.4) is 0 Å². The SMILES string of the molecule is CCOC(=O)c1c(-c2ccc(C)cc2)nsc1-c1ccc(-c2snc(-c3ccc(C)cc3)c2C(=O)OCC)cc1. The monoisotopic (exact) mass is 568 g/mol. The van der Waals surface area contributed by atoms with Gasteiger partial charge in [0.2, 0.25) is 0 Å². The Morgan fingerprint density at radius 3 is 1.23 bits per heavy atom. The number of esters is 2. The predicted octanol–water partition coefficient (Wildman–Crippen LogP) is 8.24. The van der Waals surface area contributed by atoms with Gasteiger partial charge in [-0.15, -0.1) is 0 Å². The van der Waals surface area contributed by atoms with Crippen molar-refractivity contribution in [2.24, 2.45) is 0 Å². The minimum Gasteiger partial charge on any atom is -0.462 e. The third-order valence-corrected chi connectivity index (χ3v) is 8.20. The van der Waals surface area contributed by atoms with Crippen molar-refractivity contribution in [2.45, 2.75) is 27.7 Å². The first-order valence-electron chi connectivity index (χ1n) is 13.0. The van der Waals surface area contributed by atoms with E-state index in [0.29, 0.717) is 22.5 Å². The van der Waals surface area contributed by atoms with Crippen molar-refractivity contribution in [3.63, 3.8) is 0 Å². The summed E-state index contributed by atoms with van der Waals surface area (Å²) in [6, 6.07) is 23.6. The largest absolute Gasteiger partial charge is 0.462 e. The fraction of sp³-hybridized carbons (Fsp3) is 0.188. The van der Waals surface area contributed by atoms with Crippen molar-refractivity contribution >= 4 is 35.0 Å². The lowest BCUT2D eigenvalue weighted by Gasteiger charge is -2.08. The Morgan fingerprint density at radius 1 is 0.575 bits per heavy atom. The number of nitrogens with zero attached hydrogens (tertiary/aromatic N) is 2. The zero-order valence-electron chi connectivity index (χ0n) is 22.7. The molecule has 0 unspecified atom stereocenters. The maximum absolute atomic E-state index is 13.1. The van der Waals surface area contributed by atoms with Crippen LogP contribution in [0.15, 0.2) is 72.8 Å². The van der Waals surface area contributed by atoms with Gasteiger partial charge in [0.25, 0.3) is 0 Å². The third kappa shape index (κ3) is 5.46. The number of aromatic nitrogens is 2. The summed E-state index contributed by atoms with van der Waals surface area (Å²) in [6.45, 7) is 8.16. The highest BCUT2D eigenvalue weighted by Gasteiger charge is 2.26. The predicted molar refractivity (Wildman–Crippen MR) is 161 cm³/mol. The molecule has 40 heavy (non-hydrogen) atoms. The van der Waals surface area contributed by atoms with Crippen LogP contribution in [0.4, 0.5) is 0 Å². The number of carbonyl (C=O) groups excluding carboxylic acids is 2. The van der Waals surface area contributed by atoms with Crippen molar-refractivity contribution < 1.29 is 19.1 Å². The number of aryl methyl sites for hydroxylation is 2. The van der Waals surface area contributed by atoms with Gasteiger partial charge < -0.3 is 9.47 Å². The lowest BCUT2D eigenvalue weighted by molar-refractivity contribution is 0.0518. The minimum absolute atomic E-state index is 0.270. The topological polar surface area (TPSA) is 78.4 Å². The van der Waals surface area contributed by atoms with Crippen molar-refractivity contribution in [3.05, 3.63) is 95.1 Å².